The molecule has 7 nitrogen and oxygen atoms in total. The summed E-state index contributed by atoms with van der Waals surface area (Å²) in [5.41, 5.74) is 1.34. The minimum Gasteiger partial charge on any atom is -0.493 e. The Morgan fingerprint density at radius 3 is 2.72 bits per heavy atom. The summed E-state index contributed by atoms with van der Waals surface area (Å²) >= 11 is 0. The van der Waals surface area contributed by atoms with Gasteiger partial charge in [-0.25, -0.2) is 14.4 Å². The average Bonchev–Trinajstić information content (AvgIpc) is 3.30. The second kappa shape index (κ2) is 8.63. The Kier molecular flexibility index (Phi) is 5.53. The number of nitrogens with one attached hydrogen (secondary N) is 1. The van der Waals surface area contributed by atoms with E-state index < -0.39 is 5.82 Å². The summed E-state index contributed by atoms with van der Waals surface area (Å²) in [7, 11) is 3.73. The minimum atomic E-state index is -0.444. The number of methoxy groups -OCH3 is 1. The van der Waals surface area contributed by atoms with Gasteiger partial charge in [-0.05, 0) is 63.2 Å². The lowest BCUT2D eigenvalue weighted by atomic mass is 9.98. The highest BCUT2D eigenvalue weighted by Crippen LogP contribution is 2.37. The number of hydrogen-bond acceptors (Lipinski definition) is 6. The minimum absolute atomic E-state index is 0.0960. The topological polar surface area (TPSA) is 72.5 Å². The van der Waals surface area contributed by atoms with Crippen molar-refractivity contribution in [2.75, 3.05) is 33.9 Å². The van der Waals surface area contributed by atoms with Crippen LogP contribution in [0.15, 0.2) is 42.9 Å². The second-order valence-electron chi connectivity index (χ2n) is 8.18. The summed E-state index contributed by atoms with van der Waals surface area (Å²) in [5, 5.41) is 1.08. The van der Waals surface area contributed by atoms with E-state index in [-0.39, 0.29) is 11.6 Å². The largest absolute Gasteiger partial charge is 0.493 e. The Morgan fingerprint density at radius 1 is 1.06 bits per heavy atom. The van der Waals surface area contributed by atoms with Gasteiger partial charge in [-0.15, -0.1) is 0 Å². The second-order valence-corrected chi connectivity index (χ2v) is 8.18. The molecule has 1 N–H and O–H groups in total. The van der Waals surface area contributed by atoms with Gasteiger partial charge in [0.15, 0.2) is 23.1 Å². The third kappa shape index (κ3) is 3.93. The van der Waals surface area contributed by atoms with Crippen LogP contribution in [-0.4, -0.2) is 53.7 Å². The van der Waals surface area contributed by atoms with Crippen LogP contribution in [0.4, 0.5) is 4.39 Å². The first-order valence-corrected chi connectivity index (χ1v) is 10.7. The van der Waals surface area contributed by atoms with Crippen molar-refractivity contribution in [1.82, 2.24) is 19.9 Å². The van der Waals surface area contributed by atoms with Crippen LogP contribution in [0, 0.1) is 11.7 Å². The van der Waals surface area contributed by atoms with Gasteiger partial charge < -0.3 is 24.1 Å². The molecule has 0 aliphatic carbocycles. The van der Waals surface area contributed by atoms with E-state index in [0.29, 0.717) is 45.8 Å². The fraction of sp³-hybridized carbons (Fsp3) is 0.333. The molecule has 0 atom stereocenters. The Balaban J connectivity index is 1.42. The van der Waals surface area contributed by atoms with Gasteiger partial charge in [0, 0.05) is 23.2 Å². The van der Waals surface area contributed by atoms with Gasteiger partial charge in [-0.1, -0.05) is 0 Å². The standard InChI is InChI=1S/C24H25FN4O3/c1-29-9-6-15(7-10-29)13-31-22-12-19-17(11-21(22)30-2)24(28-14-27-19)32-20-4-3-18-16(23(20)25)5-8-26-18/h3-5,8,11-12,14-15,26H,6-7,9-10,13H2,1-2H3. The molecule has 1 fully saturated rings. The molecule has 4 aromatic rings. The fourth-order valence-electron chi connectivity index (χ4n) is 4.09. The molecule has 0 radical (unpaired) electrons. The third-order valence-corrected chi connectivity index (χ3v) is 6.04. The number of halogens is 1. The van der Waals surface area contributed by atoms with Gasteiger partial charge in [0.1, 0.15) is 6.33 Å². The summed E-state index contributed by atoms with van der Waals surface area (Å²) in [6.45, 7) is 2.80. The van der Waals surface area contributed by atoms with Gasteiger partial charge in [0.25, 0.3) is 0 Å². The molecule has 0 spiro atoms. The maximum Gasteiger partial charge on any atom is 0.230 e. The number of benzene rings is 2. The Hall–Kier alpha value is -3.39. The molecule has 0 saturated carbocycles. The molecule has 5 rings (SSSR count). The lowest BCUT2D eigenvalue weighted by molar-refractivity contribution is 0.157. The van der Waals surface area contributed by atoms with Crippen LogP contribution < -0.4 is 14.2 Å². The number of hydrogen-bond donors (Lipinski definition) is 1. The lowest BCUT2D eigenvalue weighted by Crippen LogP contribution is -2.32. The summed E-state index contributed by atoms with van der Waals surface area (Å²) in [6.07, 6.45) is 5.32. The van der Waals surface area contributed by atoms with Gasteiger partial charge in [0.05, 0.1) is 24.6 Å². The molecule has 8 heteroatoms. The normalized spacial score (nSPS) is 15.3. The van der Waals surface area contributed by atoms with E-state index in [4.69, 9.17) is 14.2 Å². The van der Waals surface area contributed by atoms with Crippen LogP contribution in [0.3, 0.4) is 0 Å². The van der Waals surface area contributed by atoms with Gasteiger partial charge in [-0.3, -0.25) is 0 Å². The number of nitrogens with zero attached hydrogens (tertiary/aromatic N) is 3. The van der Waals surface area contributed by atoms with Crippen molar-refractivity contribution >= 4 is 21.8 Å². The highest BCUT2D eigenvalue weighted by atomic mass is 19.1. The molecule has 2 aromatic heterocycles. The van der Waals surface area contributed by atoms with Crippen LogP contribution in [0.25, 0.3) is 21.8 Å². The first-order valence-electron chi connectivity index (χ1n) is 10.7. The summed E-state index contributed by atoms with van der Waals surface area (Å²) in [5.74, 6) is 1.61. The fourth-order valence-corrected chi connectivity index (χ4v) is 4.09. The smallest absolute Gasteiger partial charge is 0.230 e. The molecule has 0 bridgehead atoms. The molecule has 1 saturated heterocycles. The molecule has 2 aromatic carbocycles. The third-order valence-electron chi connectivity index (χ3n) is 6.04. The SMILES string of the molecule is COc1cc2c(Oc3ccc4[nH]ccc4c3F)ncnc2cc1OCC1CCN(C)CC1. The van der Waals surface area contributed by atoms with E-state index >= 15 is 0 Å². The number of aromatic nitrogens is 3. The molecule has 166 valence electrons. The monoisotopic (exact) mass is 436 g/mol. The van der Waals surface area contributed by atoms with E-state index in [1.165, 1.54) is 6.33 Å². The van der Waals surface area contributed by atoms with Crippen molar-refractivity contribution in [3.8, 4) is 23.1 Å². The predicted octanol–water partition coefficient (Wildman–Crippen LogP) is 4.77. The maximum atomic E-state index is 14.9. The molecule has 1 aliphatic heterocycles. The van der Waals surface area contributed by atoms with Crippen molar-refractivity contribution in [2.45, 2.75) is 12.8 Å². The summed E-state index contributed by atoms with van der Waals surface area (Å²) in [6, 6.07) is 8.63. The molecular formula is C24H25FN4O3. The van der Waals surface area contributed by atoms with Crippen LogP contribution in [0.2, 0.25) is 0 Å². The highest BCUT2D eigenvalue weighted by molar-refractivity contribution is 5.87. The van der Waals surface area contributed by atoms with Crippen molar-refractivity contribution in [3.05, 3.63) is 48.7 Å². The number of likely N-dealkylation sites (tertiary alicyclic amines) is 1. The molecule has 0 unspecified atom stereocenters. The molecule has 3 heterocycles. The van der Waals surface area contributed by atoms with Gasteiger partial charge >= 0.3 is 0 Å². The van der Waals surface area contributed by atoms with Crippen molar-refractivity contribution < 1.29 is 18.6 Å². The highest BCUT2D eigenvalue weighted by Gasteiger charge is 2.19. The quantitative estimate of drug-likeness (QED) is 0.469. The van der Waals surface area contributed by atoms with Crippen molar-refractivity contribution in [1.29, 1.82) is 0 Å². The Labute approximate surface area is 185 Å². The van der Waals surface area contributed by atoms with E-state index in [1.807, 2.05) is 6.07 Å². The number of piperidine rings is 1. The molecule has 0 amide bonds. The zero-order chi connectivity index (χ0) is 22.1. The lowest BCUT2D eigenvalue weighted by Gasteiger charge is -2.28. The first-order chi connectivity index (χ1) is 15.6. The number of rotatable bonds is 6. The van der Waals surface area contributed by atoms with E-state index in [9.17, 15) is 4.39 Å². The Bertz CT molecular complexity index is 1250. The van der Waals surface area contributed by atoms with Crippen molar-refractivity contribution in [2.24, 2.45) is 5.92 Å². The van der Waals surface area contributed by atoms with Crippen LogP contribution in [-0.2, 0) is 0 Å². The van der Waals surface area contributed by atoms with Crippen LogP contribution in [0.5, 0.6) is 23.1 Å². The Morgan fingerprint density at radius 2 is 1.91 bits per heavy atom. The first kappa shape index (κ1) is 20.5. The molecule has 32 heavy (non-hydrogen) atoms. The molecule has 1 aliphatic rings. The summed E-state index contributed by atoms with van der Waals surface area (Å²) in [4.78, 5) is 13.9. The van der Waals surface area contributed by atoms with Crippen LogP contribution in [0.1, 0.15) is 12.8 Å². The maximum absolute atomic E-state index is 14.9. The predicted molar refractivity (Wildman–Crippen MR) is 120 cm³/mol. The summed E-state index contributed by atoms with van der Waals surface area (Å²) < 4.78 is 32.4. The zero-order valence-corrected chi connectivity index (χ0v) is 18.1. The molecular weight excluding hydrogens is 411 g/mol. The van der Waals surface area contributed by atoms with Crippen molar-refractivity contribution in [3.63, 3.8) is 0 Å². The number of H-pyrrole nitrogens is 1. The number of aromatic amines is 1. The van der Waals surface area contributed by atoms with Gasteiger partial charge in [-0.2, -0.15) is 0 Å². The van der Waals surface area contributed by atoms with Gasteiger partial charge in [0.2, 0.25) is 5.88 Å². The van der Waals surface area contributed by atoms with E-state index in [1.54, 1.807) is 37.6 Å². The average molecular weight is 436 g/mol. The van der Waals surface area contributed by atoms with E-state index in [0.717, 1.165) is 25.9 Å². The van der Waals surface area contributed by atoms with Crippen LogP contribution >= 0.6 is 0 Å². The van der Waals surface area contributed by atoms with E-state index in [2.05, 4.69) is 26.9 Å². The number of ether oxygens (including phenoxy) is 3. The zero-order valence-electron chi connectivity index (χ0n) is 18.1. The number of fused-ring (bicyclic) bond motifs is 2.